The molecule has 0 radical (unpaired) electrons. The largest absolute Gasteiger partial charge is 0.457 e. The minimum atomic E-state index is -0.0558. The predicted molar refractivity (Wildman–Crippen MR) is 140 cm³/mol. The molecule has 2 aromatic heterocycles. The summed E-state index contributed by atoms with van der Waals surface area (Å²) in [5, 5.41) is 4.24. The molecule has 2 aromatic carbocycles. The molecule has 0 amide bonds. The van der Waals surface area contributed by atoms with Gasteiger partial charge in [0.1, 0.15) is 11.5 Å². The van der Waals surface area contributed by atoms with Crippen molar-refractivity contribution in [2.45, 2.75) is 39.4 Å². The zero-order valence-electron chi connectivity index (χ0n) is 19.6. The molecule has 1 fully saturated rings. The van der Waals surface area contributed by atoms with E-state index in [4.69, 9.17) is 17.0 Å². The molecule has 6 heteroatoms. The van der Waals surface area contributed by atoms with Crippen molar-refractivity contribution >= 4 is 23.0 Å². The Hall–Kier alpha value is -3.64. The highest BCUT2D eigenvalue weighted by molar-refractivity contribution is 7.80. The lowest BCUT2D eigenvalue weighted by atomic mass is 9.96. The van der Waals surface area contributed by atoms with Crippen LogP contribution < -0.4 is 15.0 Å². The van der Waals surface area contributed by atoms with Crippen molar-refractivity contribution in [1.29, 1.82) is 0 Å². The molecule has 0 unspecified atom stereocenters. The van der Waals surface area contributed by atoms with Crippen LogP contribution in [0.25, 0.3) is 0 Å². The van der Waals surface area contributed by atoms with E-state index in [2.05, 4.69) is 64.8 Å². The zero-order chi connectivity index (χ0) is 23.7. The number of para-hydroxylation sites is 1. The number of thiocarbonyl (C=S) groups is 1. The summed E-state index contributed by atoms with van der Waals surface area (Å²) in [6, 6.07) is 26.2. The quantitative estimate of drug-likeness (QED) is 0.328. The SMILES string of the molecule is CCn1c(C)cc([C@@H]2[C@@H](c3ccccn3)NC(=S)N2c2ccc(Oc3ccccc3)cc2)c1C. The summed E-state index contributed by atoms with van der Waals surface area (Å²) in [4.78, 5) is 6.87. The van der Waals surface area contributed by atoms with Gasteiger partial charge in [-0.05, 0) is 93.1 Å². The average molecular weight is 469 g/mol. The molecule has 1 aliphatic rings. The number of hydrogen-bond donors (Lipinski definition) is 1. The molecule has 34 heavy (non-hydrogen) atoms. The fourth-order valence-corrected chi connectivity index (χ4v) is 5.21. The monoisotopic (exact) mass is 468 g/mol. The molecule has 3 heterocycles. The van der Waals surface area contributed by atoms with E-state index >= 15 is 0 Å². The van der Waals surface area contributed by atoms with E-state index < -0.39 is 0 Å². The van der Waals surface area contributed by atoms with Gasteiger partial charge in [-0.2, -0.15) is 0 Å². The van der Waals surface area contributed by atoms with Crippen LogP contribution in [-0.2, 0) is 6.54 Å². The van der Waals surface area contributed by atoms with Gasteiger partial charge in [0, 0.05) is 29.8 Å². The standard InChI is InChI=1S/C28H28N4OS/c1-4-31-19(2)18-24(20(31)3)27-26(25-12-8-9-17-29-25)30-28(34)32(27)21-13-15-23(16-14-21)33-22-10-6-5-7-11-22/h5-18,26-27H,4H2,1-3H3,(H,30,34)/t26-,27-/m1/s1. The van der Waals surface area contributed by atoms with Crippen LogP contribution in [-0.4, -0.2) is 14.7 Å². The normalized spacial score (nSPS) is 17.6. The Morgan fingerprint density at radius 1 is 0.941 bits per heavy atom. The maximum Gasteiger partial charge on any atom is 0.174 e. The second kappa shape index (κ2) is 9.31. The number of benzene rings is 2. The fourth-order valence-electron chi connectivity index (χ4n) is 4.86. The third-order valence-corrected chi connectivity index (χ3v) is 6.75. The van der Waals surface area contributed by atoms with Crippen molar-refractivity contribution in [1.82, 2.24) is 14.9 Å². The molecule has 4 aromatic rings. The summed E-state index contributed by atoms with van der Waals surface area (Å²) in [7, 11) is 0. The van der Waals surface area contributed by atoms with E-state index in [1.54, 1.807) is 0 Å². The number of anilines is 1. The summed E-state index contributed by atoms with van der Waals surface area (Å²) >= 11 is 5.87. The van der Waals surface area contributed by atoms with E-state index in [1.807, 2.05) is 60.8 Å². The highest BCUT2D eigenvalue weighted by Crippen LogP contribution is 2.43. The highest BCUT2D eigenvalue weighted by atomic mass is 32.1. The van der Waals surface area contributed by atoms with Gasteiger partial charge in [0.25, 0.3) is 0 Å². The van der Waals surface area contributed by atoms with Crippen LogP contribution in [0, 0.1) is 13.8 Å². The topological polar surface area (TPSA) is 42.3 Å². The molecule has 5 nitrogen and oxygen atoms in total. The minimum Gasteiger partial charge on any atom is -0.457 e. The first-order valence-corrected chi connectivity index (χ1v) is 12.0. The number of aromatic nitrogens is 2. The second-order valence-corrected chi connectivity index (χ2v) is 8.86. The van der Waals surface area contributed by atoms with Gasteiger partial charge in [0.05, 0.1) is 17.8 Å². The van der Waals surface area contributed by atoms with Gasteiger partial charge >= 0.3 is 0 Å². The molecule has 1 aliphatic heterocycles. The number of pyridine rings is 1. The Kier molecular flexibility index (Phi) is 6.07. The van der Waals surface area contributed by atoms with Crippen LogP contribution in [0.2, 0.25) is 0 Å². The van der Waals surface area contributed by atoms with E-state index in [9.17, 15) is 0 Å². The summed E-state index contributed by atoms with van der Waals surface area (Å²) in [6.07, 6.45) is 1.84. The third kappa shape index (κ3) is 4.05. The maximum atomic E-state index is 6.00. The minimum absolute atomic E-state index is 0.0187. The lowest BCUT2D eigenvalue weighted by Gasteiger charge is -2.28. The molecule has 0 saturated carbocycles. The van der Waals surface area contributed by atoms with E-state index in [0.717, 1.165) is 29.4 Å². The lowest BCUT2D eigenvalue weighted by Crippen LogP contribution is -2.29. The van der Waals surface area contributed by atoms with Crippen LogP contribution >= 0.6 is 12.2 Å². The Morgan fingerprint density at radius 2 is 1.65 bits per heavy atom. The number of nitrogens with one attached hydrogen (secondary N) is 1. The molecule has 0 aliphatic carbocycles. The van der Waals surface area contributed by atoms with Gasteiger partial charge in [0.2, 0.25) is 0 Å². The molecule has 1 saturated heterocycles. The number of hydrogen-bond acceptors (Lipinski definition) is 3. The molecule has 2 atom stereocenters. The Bertz CT molecular complexity index is 1290. The smallest absolute Gasteiger partial charge is 0.174 e. The molecule has 172 valence electrons. The molecular weight excluding hydrogens is 440 g/mol. The van der Waals surface area contributed by atoms with Crippen molar-refractivity contribution < 1.29 is 4.74 Å². The highest BCUT2D eigenvalue weighted by Gasteiger charge is 2.42. The van der Waals surface area contributed by atoms with Gasteiger partial charge in [0.15, 0.2) is 5.11 Å². The summed E-state index contributed by atoms with van der Waals surface area (Å²) < 4.78 is 8.35. The van der Waals surface area contributed by atoms with Gasteiger partial charge < -0.3 is 19.5 Å². The van der Waals surface area contributed by atoms with Crippen molar-refractivity contribution in [2.75, 3.05) is 4.90 Å². The van der Waals surface area contributed by atoms with Crippen LogP contribution in [0.3, 0.4) is 0 Å². The van der Waals surface area contributed by atoms with Crippen LogP contribution in [0.15, 0.2) is 85.1 Å². The van der Waals surface area contributed by atoms with Crippen molar-refractivity contribution in [3.8, 4) is 11.5 Å². The zero-order valence-corrected chi connectivity index (χ0v) is 20.4. The molecule has 0 bridgehead atoms. The van der Waals surface area contributed by atoms with Gasteiger partial charge in [-0.1, -0.05) is 24.3 Å². The first kappa shape index (κ1) is 22.2. The molecule has 1 N–H and O–H groups in total. The average Bonchev–Trinajstić information content (AvgIpc) is 3.35. The number of aryl methyl sites for hydroxylation is 1. The first-order chi connectivity index (χ1) is 16.6. The number of ether oxygens (including phenoxy) is 1. The van der Waals surface area contributed by atoms with Gasteiger partial charge in [-0.15, -0.1) is 0 Å². The van der Waals surface area contributed by atoms with Crippen LogP contribution in [0.1, 0.15) is 41.7 Å². The Balaban J connectivity index is 1.54. The molecule has 5 rings (SSSR count). The van der Waals surface area contributed by atoms with E-state index in [1.165, 1.54) is 17.0 Å². The number of rotatable bonds is 6. The number of nitrogens with zero attached hydrogens (tertiary/aromatic N) is 3. The van der Waals surface area contributed by atoms with Crippen LogP contribution in [0.5, 0.6) is 11.5 Å². The third-order valence-electron chi connectivity index (χ3n) is 6.44. The Morgan fingerprint density at radius 3 is 2.29 bits per heavy atom. The van der Waals surface area contributed by atoms with Gasteiger partial charge in [-0.3, -0.25) is 4.98 Å². The predicted octanol–water partition coefficient (Wildman–Crippen LogP) is 6.49. The van der Waals surface area contributed by atoms with Crippen molar-refractivity contribution in [3.05, 3.63) is 108 Å². The van der Waals surface area contributed by atoms with Gasteiger partial charge in [-0.25, -0.2) is 0 Å². The van der Waals surface area contributed by atoms with E-state index in [-0.39, 0.29) is 12.1 Å². The summed E-state index contributed by atoms with van der Waals surface area (Å²) in [5.74, 6) is 1.60. The first-order valence-electron chi connectivity index (χ1n) is 11.6. The molecule has 0 spiro atoms. The second-order valence-electron chi connectivity index (χ2n) is 8.48. The van der Waals surface area contributed by atoms with Crippen molar-refractivity contribution in [3.63, 3.8) is 0 Å². The fraction of sp³-hybridized carbons (Fsp3) is 0.214. The summed E-state index contributed by atoms with van der Waals surface area (Å²) in [5.41, 5.74) is 5.75. The lowest BCUT2D eigenvalue weighted by molar-refractivity contribution is 0.482. The Labute approximate surface area is 206 Å². The maximum absolute atomic E-state index is 6.00. The van der Waals surface area contributed by atoms with Crippen LogP contribution in [0.4, 0.5) is 5.69 Å². The molecular formula is C28H28N4OS. The summed E-state index contributed by atoms with van der Waals surface area (Å²) in [6.45, 7) is 7.47. The van der Waals surface area contributed by atoms with Crippen molar-refractivity contribution in [2.24, 2.45) is 0 Å². The van der Waals surface area contributed by atoms with E-state index in [0.29, 0.717) is 5.11 Å².